The Morgan fingerprint density at radius 1 is 1.52 bits per heavy atom. The fraction of sp³-hybridized carbons (Fsp3) is 0.500. The van der Waals surface area contributed by atoms with Gasteiger partial charge in [-0.3, -0.25) is 4.68 Å². The quantitative estimate of drug-likeness (QED) is 0.810. The topological polar surface area (TPSA) is 89.3 Å². The highest BCUT2D eigenvalue weighted by Crippen LogP contribution is 2.27. The SMILES string of the molecule is CCCC(COC)Nc1c(C(=O)O)cnc2c1cnn2C. The molecule has 0 amide bonds. The van der Waals surface area contributed by atoms with Crippen LogP contribution in [0.4, 0.5) is 5.69 Å². The van der Waals surface area contributed by atoms with E-state index in [1.165, 1.54) is 6.20 Å². The molecule has 2 aromatic rings. The van der Waals surface area contributed by atoms with E-state index < -0.39 is 5.97 Å². The second kappa shape index (κ2) is 6.53. The summed E-state index contributed by atoms with van der Waals surface area (Å²) in [6, 6.07) is 0.0453. The predicted octanol–water partition coefficient (Wildman–Crippen LogP) is 1.89. The number of carboxylic acid groups (broad SMARTS) is 1. The Bertz CT molecular complexity index is 632. The number of hydrogen-bond donors (Lipinski definition) is 2. The van der Waals surface area contributed by atoms with Crippen LogP contribution in [0.2, 0.25) is 0 Å². The van der Waals surface area contributed by atoms with Crippen LogP contribution in [0.25, 0.3) is 11.0 Å². The smallest absolute Gasteiger partial charge is 0.339 e. The molecule has 2 aromatic heterocycles. The van der Waals surface area contributed by atoms with Crippen LogP contribution in [0.1, 0.15) is 30.1 Å². The van der Waals surface area contributed by atoms with Crippen molar-refractivity contribution in [2.75, 3.05) is 19.0 Å². The lowest BCUT2D eigenvalue weighted by atomic mass is 10.1. The molecule has 0 spiro atoms. The molecule has 0 radical (unpaired) electrons. The minimum atomic E-state index is -1.01. The number of aromatic nitrogens is 3. The molecule has 2 rings (SSSR count). The molecule has 1 unspecified atom stereocenters. The summed E-state index contributed by atoms with van der Waals surface area (Å²) in [6.45, 7) is 2.59. The molecule has 0 aliphatic heterocycles. The largest absolute Gasteiger partial charge is 0.478 e. The van der Waals surface area contributed by atoms with Gasteiger partial charge in [0.1, 0.15) is 5.56 Å². The van der Waals surface area contributed by atoms with Gasteiger partial charge in [-0.25, -0.2) is 9.78 Å². The maximum absolute atomic E-state index is 11.4. The molecule has 0 aromatic carbocycles. The van der Waals surface area contributed by atoms with Crippen LogP contribution in [0, 0.1) is 0 Å². The zero-order valence-electron chi connectivity index (χ0n) is 12.5. The van der Waals surface area contributed by atoms with Crippen molar-refractivity contribution >= 4 is 22.7 Å². The van der Waals surface area contributed by atoms with Gasteiger partial charge >= 0.3 is 5.97 Å². The monoisotopic (exact) mass is 292 g/mol. The Balaban J connectivity index is 2.47. The number of methoxy groups -OCH3 is 1. The number of carboxylic acids is 1. The Morgan fingerprint density at radius 3 is 2.90 bits per heavy atom. The summed E-state index contributed by atoms with van der Waals surface area (Å²) in [4.78, 5) is 15.6. The molecule has 0 saturated heterocycles. The number of carbonyl (C=O) groups is 1. The van der Waals surface area contributed by atoms with Crippen LogP contribution in [-0.2, 0) is 11.8 Å². The number of nitrogens with one attached hydrogen (secondary N) is 1. The standard InChI is InChI=1S/C14H20N4O3/c1-4-5-9(8-21-3)17-12-10-7-16-18(2)13(10)15-6-11(12)14(19)20/h6-7,9H,4-5,8H2,1-3H3,(H,15,17)(H,19,20). The third-order valence-electron chi connectivity index (χ3n) is 3.35. The van der Waals surface area contributed by atoms with Gasteiger partial charge in [-0.15, -0.1) is 0 Å². The summed E-state index contributed by atoms with van der Waals surface area (Å²) in [7, 11) is 3.41. The number of aromatic carboxylic acids is 1. The van der Waals surface area contributed by atoms with Gasteiger partial charge in [0.15, 0.2) is 5.65 Å². The molecule has 0 aliphatic carbocycles. The molecule has 2 heterocycles. The molecular weight excluding hydrogens is 272 g/mol. The van der Waals surface area contributed by atoms with Crippen LogP contribution < -0.4 is 5.32 Å². The van der Waals surface area contributed by atoms with Gasteiger partial charge in [0.25, 0.3) is 0 Å². The molecule has 0 bridgehead atoms. The summed E-state index contributed by atoms with van der Waals surface area (Å²) >= 11 is 0. The number of nitrogens with zero attached hydrogens (tertiary/aromatic N) is 3. The first-order chi connectivity index (χ1) is 10.1. The van der Waals surface area contributed by atoms with Gasteiger partial charge in [0, 0.05) is 26.4 Å². The molecule has 7 heteroatoms. The van der Waals surface area contributed by atoms with Gasteiger partial charge < -0.3 is 15.2 Å². The minimum absolute atomic E-state index is 0.0453. The van der Waals surface area contributed by atoms with E-state index in [2.05, 4.69) is 22.3 Å². The highest BCUT2D eigenvalue weighted by Gasteiger charge is 2.19. The fourth-order valence-electron chi connectivity index (χ4n) is 2.36. The normalized spacial score (nSPS) is 12.5. The Labute approximate surface area is 122 Å². The van der Waals surface area contributed by atoms with Gasteiger partial charge in [0.2, 0.25) is 0 Å². The van der Waals surface area contributed by atoms with Gasteiger partial charge in [-0.05, 0) is 6.42 Å². The van der Waals surface area contributed by atoms with Crippen molar-refractivity contribution in [2.45, 2.75) is 25.8 Å². The lowest BCUT2D eigenvalue weighted by Gasteiger charge is -2.20. The summed E-state index contributed by atoms with van der Waals surface area (Å²) in [6.07, 6.45) is 4.86. The summed E-state index contributed by atoms with van der Waals surface area (Å²) < 4.78 is 6.82. The molecule has 0 fully saturated rings. The number of anilines is 1. The number of fused-ring (bicyclic) bond motifs is 1. The van der Waals surface area contributed by atoms with Crippen molar-refractivity contribution in [3.8, 4) is 0 Å². The Morgan fingerprint density at radius 2 is 2.29 bits per heavy atom. The van der Waals surface area contributed by atoms with Crippen molar-refractivity contribution in [3.05, 3.63) is 18.0 Å². The zero-order chi connectivity index (χ0) is 15.4. The lowest BCUT2D eigenvalue weighted by Crippen LogP contribution is -2.26. The van der Waals surface area contributed by atoms with Crippen molar-refractivity contribution in [2.24, 2.45) is 7.05 Å². The molecule has 0 aliphatic rings. The van der Waals surface area contributed by atoms with E-state index in [1.807, 2.05) is 0 Å². The second-order valence-corrected chi connectivity index (χ2v) is 4.94. The first-order valence-electron chi connectivity index (χ1n) is 6.88. The van der Waals surface area contributed by atoms with E-state index in [1.54, 1.807) is 25.0 Å². The summed E-state index contributed by atoms with van der Waals surface area (Å²) in [5.41, 5.74) is 1.35. The van der Waals surface area contributed by atoms with Crippen LogP contribution in [0.3, 0.4) is 0 Å². The molecule has 1 atom stereocenters. The Hall–Kier alpha value is -2.15. The highest BCUT2D eigenvalue weighted by molar-refractivity contribution is 6.03. The summed E-state index contributed by atoms with van der Waals surface area (Å²) in [5.74, 6) is -1.01. The number of ether oxygens (including phenoxy) is 1. The Kier molecular flexibility index (Phi) is 4.74. The molecule has 0 saturated carbocycles. The lowest BCUT2D eigenvalue weighted by molar-refractivity contribution is 0.0697. The van der Waals surface area contributed by atoms with Gasteiger partial charge in [-0.1, -0.05) is 13.3 Å². The number of aryl methyl sites for hydroxylation is 1. The van der Waals surface area contributed by atoms with Gasteiger partial charge in [-0.2, -0.15) is 5.10 Å². The first-order valence-corrected chi connectivity index (χ1v) is 6.88. The first kappa shape index (κ1) is 15.2. The molecule has 7 nitrogen and oxygen atoms in total. The molecule has 21 heavy (non-hydrogen) atoms. The number of rotatable bonds is 7. The van der Waals surface area contributed by atoms with E-state index in [9.17, 15) is 9.90 Å². The third kappa shape index (κ3) is 3.13. The number of pyridine rings is 1. The maximum Gasteiger partial charge on any atom is 0.339 e. The van der Waals surface area contributed by atoms with E-state index in [-0.39, 0.29) is 11.6 Å². The van der Waals surface area contributed by atoms with Crippen LogP contribution in [0.5, 0.6) is 0 Å². The van der Waals surface area contributed by atoms with Crippen LogP contribution in [-0.4, -0.2) is 45.6 Å². The fourth-order valence-corrected chi connectivity index (χ4v) is 2.36. The van der Waals surface area contributed by atoms with Crippen molar-refractivity contribution in [3.63, 3.8) is 0 Å². The highest BCUT2D eigenvalue weighted by atomic mass is 16.5. The van der Waals surface area contributed by atoms with Crippen LogP contribution >= 0.6 is 0 Å². The van der Waals surface area contributed by atoms with Gasteiger partial charge in [0.05, 0.1) is 23.9 Å². The number of hydrogen-bond acceptors (Lipinski definition) is 5. The average molecular weight is 292 g/mol. The second-order valence-electron chi connectivity index (χ2n) is 4.94. The molecular formula is C14H20N4O3. The van der Waals surface area contributed by atoms with Crippen molar-refractivity contribution in [1.82, 2.24) is 14.8 Å². The van der Waals surface area contributed by atoms with E-state index in [0.717, 1.165) is 12.8 Å². The predicted molar refractivity (Wildman–Crippen MR) is 79.7 cm³/mol. The van der Waals surface area contributed by atoms with Crippen LogP contribution in [0.15, 0.2) is 12.4 Å². The molecule has 2 N–H and O–H groups in total. The van der Waals surface area contributed by atoms with Crippen molar-refractivity contribution in [1.29, 1.82) is 0 Å². The third-order valence-corrected chi connectivity index (χ3v) is 3.35. The molecule has 114 valence electrons. The summed E-state index contributed by atoms with van der Waals surface area (Å²) in [5, 5.41) is 17.5. The average Bonchev–Trinajstić information content (AvgIpc) is 2.81. The maximum atomic E-state index is 11.4. The zero-order valence-corrected chi connectivity index (χ0v) is 12.5. The van der Waals surface area contributed by atoms with Crippen molar-refractivity contribution < 1.29 is 14.6 Å². The van der Waals surface area contributed by atoms with E-state index in [0.29, 0.717) is 23.3 Å². The van der Waals surface area contributed by atoms with E-state index >= 15 is 0 Å². The minimum Gasteiger partial charge on any atom is -0.478 e. The van der Waals surface area contributed by atoms with E-state index in [4.69, 9.17) is 4.74 Å².